The first kappa shape index (κ1) is 19.8. The minimum atomic E-state index is -3.01. The zero-order valence-electron chi connectivity index (χ0n) is 14.0. The number of hydrogen-bond donors (Lipinski definition) is 2. The third-order valence-electron chi connectivity index (χ3n) is 3.14. The van der Waals surface area contributed by atoms with E-state index in [0.717, 1.165) is 6.07 Å². The highest BCUT2D eigenvalue weighted by atomic mass is 19.3. The quantitative estimate of drug-likeness (QED) is 0.687. The van der Waals surface area contributed by atoms with Gasteiger partial charge in [0.2, 0.25) is 0 Å². The number of anilines is 1. The van der Waals surface area contributed by atoms with E-state index in [1.165, 1.54) is 18.2 Å². The highest BCUT2D eigenvalue weighted by Crippen LogP contribution is 2.15. The van der Waals surface area contributed by atoms with Crippen molar-refractivity contribution in [2.75, 3.05) is 18.5 Å². The standard InChI is InChI=1S/C18H16F2N2O5/c19-18(20)27-14-8-4-5-12(9-14)17(25)21-10-16(24)26-11-15(23)22-13-6-2-1-3-7-13/h1-9,18H,10-11H2,(H,21,25)(H,22,23). The lowest BCUT2D eigenvalue weighted by Gasteiger charge is -2.09. The number of hydrogen-bond acceptors (Lipinski definition) is 5. The Bertz CT molecular complexity index is 799. The normalized spacial score (nSPS) is 10.2. The van der Waals surface area contributed by atoms with Crippen LogP contribution in [0.2, 0.25) is 0 Å². The summed E-state index contributed by atoms with van der Waals surface area (Å²) in [4.78, 5) is 35.2. The van der Waals surface area contributed by atoms with Gasteiger partial charge >= 0.3 is 12.6 Å². The Balaban J connectivity index is 1.75. The first-order chi connectivity index (χ1) is 12.9. The highest BCUT2D eigenvalue weighted by Gasteiger charge is 2.12. The number of ether oxygens (including phenoxy) is 2. The van der Waals surface area contributed by atoms with Crippen LogP contribution in [0.1, 0.15) is 10.4 Å². The summed E-state index contributed by atoms with van der Waals surface area (Å²) in [6.45, 7) is -4.01. The number of para-hydroxylation sites is 1. The van der Waals surface area contributed by atoms with E-state index in [0.29, 0.717) is 5.69 Å². The first-order valence-electron chi connectivity index (χ1n) is 7.77. The van der Waals surface area contributed by atoms with E-state index in [1.54, 1.807) is 30.3 Å². The molecule has 2 N–H and O–H groups in total. The molecule has 0 saturated heterocycles. The van der Waals surface area contributed by atoms with E-state index < -0.39 is 37.5 Å². The second-order valence-electron chi connectivity index (χ2n) is 5.16. The van der Waals surface area contributed by atoms with E-state index in [9.17, 15) is 23.2 Å². The van der Waals surface area contributed by atoms with Gasteiger partial charge in [-0.1, -0.05) is 24.3 Å². The lowest BCUT2D eigenvalue weighted by atomic mass is 10.2. The molecule has 0 aliphatic carbocycles. The molecule has 27 heavy (non-hydrogen) atoms. The predicted molar refractivity (Wildman–Crippen MR) is 91.4 cm³/mol. The average Bonchev–Trinajstić information content (AvgIpc) is 2.65. The summed E-state index contributed by atoms with van der Waals surface area (Å²) in [7, 11) is 0. The summed E-state index contributed by atoms with van der Waals surface area (Å²) in [6, 6.07) is 13.7. The number of alkyl halides is 2. The molecule has 0 unspecified atom stereocenters. The number of nitrogens with one attached hydrogen (secondary N) is 2. The molecule has 0 aromatic heterocycles. The zero-order chi connectivity index (χ0) is 19.6. The molecule has 2 rings (SSSR count). The Morgan fingerprint density at radius 3 is 2.44 bits per heavy atom. The Morgan fingerprint density at radius 2 is 1.74 bits per heavy atom. The molecule has 0 aliphatic heterocycles. The van der Waals surface area contributed by atoms with Gasteiger partial charge in [-0.3, -0.25) is 14.4 Å². The number of amides is 2. The number of benzene rings is 2. The van der Waals surface area contributed by atoms with E-state index >= 15 is 0 Å². The van der Waals surface area contributed by atoms with Gasteiger partial charge < -0.3 is 20.1 Å². The topological polar surface area (TPSA) is 93.7 Å². The van der Waals surface area contributed by atoms with Crippen LogP contribution in [0.3, 0.4) is 0 Å². The van der Waals surface area contributed by atoms with Gasteiger partial charge in [-0.25, -0.2) is 0 Å². The Hall–Kier alpha value is -3.49. The summed E-state index contributed by atoms with van der Waals surface area (Å²) in [5.74, 6) is -2.22. The SMILES string of the molecule is O=C(COC(=O)CNC(=O)c1cccc(OC(F)F)c1)Nc1ccccc1. The minimum Gasteiger partial charge on any atom is -0.454 e. The summed E-state index contributed by atoms with van der Waals surface area (Å²) < 4.78 is 33.3. The van der Waals surface area contributed by atoms with E-state index in [4.69, 9.17) is 4.74 Å². The minimum absolute atomic E-state index is 0.0303. The van der Waals surface area contributed by atoms with Crippen molar-refractivity contribution in [3.8, 4) is 5.75 Å². The average molecular weight is 378 g/mol. The Labute approximate surface area is 153 Å². The zero-order valence-corrected chi connectivity index (χ0v) is 14.0. The fourth-order valence-corrected chi connectivity index (χ4v) is 1.98. The van der Waals surface area contributed by atoms with Crippen LogP contribution < -0.4 is 15.4 Å². The number of esters is 1. The molecular weight excluding hydrogens is 362 g/mol. The van der Waals surface area contributed by atoms with Gasteiger partial charge in [-0.2, -0.15) is 8.78 Å². The second-order valence-corrected chi connectivity index (χ2v) is 5.16. The second kappa shape index (κ2) is 9.85. The maximum Gasteiger partial charge on any atom is 0.387 e. The molecule has 7 nitrogen and oxygen atoms in total. The third kappa shape index (κ3) is 7.10. The smallest absolute Gasteiger partial charge is 0.387 e. The van der Waals surface area contributed by atoms with Crippen LogP contribution in [0.4, 0.5) is 14.5 Å². The molecular formula is C18H16F2N2O5. The molecule has 0 fully saturated rings. The number of carbonyl (C=O) groups is 3. The van der Waals surface area contributed by atoms with Gasteiger partial charge in [0.25, 0.3) is 11.8 Å². The molecule has 0 radical (unpaired) electrons. The monoisotopic (exact) mass is 378 g/mol. The lowest BCUT2D eigenvalue weighted by molar-refractivity contribution is -0.146. The molecule has 9 heteroatoms. The number of halogens is 2. The van der Waals surface area contributed by atoms with Crippen molar-refractivity contribution in [1.82, 2.24) is 5.32 Å². The molecule has 2 aromatic carbocycles. The van der Waals surface area contributed by atoms with Crippen molar-refractivity contribution in [1.29, 1.82) is 0 Å². The van der Waals surface area contributed by atoms with Gasteiger partial charge in [-0.15, -0.1) is 0 Å². The first-order valence-corrected chi connectivity index (χ1v) is 7.77. The Kier molecular flexibility index (Phi) is 7.24. The van der Waals surface area contributed by atoms with Crippen LogP contribution in [0, 0.1) is 0 Å². The molecule has 0 atom stereocenters. The lowest BCUT2D eigenvalue weighted by Crippen LogP contribution is -2.32. The predicted octanol–water partition coefficient (Wildman–Crippen LogP) is 2.20. The third-order valence-corrected chi connectivity index (χ3v) is 3.14. The molecule has 0 heterocycles. The molecule has 2 aromatic rings. The summed E-state index contributed by atoms with van der Waals surface area (Å²) in [5, 5.41) is 4.80. The number of carbonyl (C=O) groups excluding carboxylic acids is 3. The van der Waals surface area contributed by atoms with Gasteiger partial charge in [0.1, 0.15) is 12.3 Å². The summed E-state index contributed by atoms with van der Waals surface area (Å²) >= 11 is 0. The van der Waals surface area contributed by atoms with Crippen LogP contribution in [-0.4, -0.2) is 37.5 Å². The van der Waals surface area contributed by atoms with Crippen LogP contribution in [-0.2, 0) is 14.3 Å². The van der Waals surface area contributed by atoms with Crippen molar-refractivity contribution in [2.24, 2.45) is 0 Å². The summed E-state index contributed by atoms with van der Waals surface area (Å²) in [5.41, 5.74) is 0.584. The molecule has 0 aliphatic rings. The Morgan fingerprint density at radius 1 is 1.00 bits per heavy atom. The van der Waals surface area contributed by atoms with Crippen molar-refractivity contribution >= 4 is 23.5 Å². The van der Waals surface area contributed by atoms with E-state index in [2.05, 4.69) is 15.4 Å². The summed E-state index contributed by atoms with van der Waals surface area (Å²) in [6.07, 6.45) is 0. The van der Waals surface area contributed by atoms with E-state index in [-0.39, 0.29) is 11.3 Å². The molecule has 0 spiro atoms. The number of rotatable bonds is 8. The van der Waals surface area contributed by atoms with Crippen LogP contribution in [0.15, 0.2) is 54.6 Å². The molecule has 0 saturated carbocycles. The van der Waals surface area contributed by atoms with Crippen molar-refractivity contribution in [3.05, 3.63) is 60.2 Å². The largest absolute Gasteiger partial charge is 0.454 e. The molecule has 2 amide bonds. The molecule has 0 bridgehead atoms. The van der Waals surface area contributed by atoms with Crippen LogP contribution in [0.5, 0.6) is 5.75 Å². The van der Waals surface area contributed by atoms with Crippen molar-refractivity contribution in [3.63, 3.8) is 0 Å². The van der Waals surface area contributed by atoms with Gasteiger partial charge in [-0.05, 0) is 30.3 Å². The maximum absolute atomic E-state index is 12.2. The van der Waals surface area contributed by atoms with Crippen LogP contribution >= 0.6 is 0 Å². The van der Waals surface area contributed by atoms with Crippen molar-refractivity contribution < 1.29 is 32.6 Å². The van der Waals surface area contributed by atoms with Crippen molar-refractivity contribution in [2.45, 2.75) is 6.61 Å². The van der Waals surface area contributed by atoms with Gasteiger partial charge in [0, 0.05) is 11.3 Å². The maximum atomic E-state index is 12.2. The van der Waals surface area contributed by atoms with Gasteiger partial charge in [0.05, 0.1) is 0 Å². The fraction of sp³-hybridized carbons (Fsp3) is 0.167. The fourth-order valence-electron chi connectivity index (χ4n) is 1.98. The molecule has 142 valence electrons. The van der Waals surface area contributed by atoms with E-state index in [1.807, 2.05) is 0 Å². The van der Waals surface area contributed by atoms with Crippen LogP contribution in [0.25, 0.3) is 0 Å². The van der Waals surface area contributed by atoms with Gasteiger partial charge in [0.15, 0.2) is 6.61 Å². The highest BCUT2D eigenvalue weighted by molar-refractivity contribution is 5.96.